The molecule has 0 nitrogen and oxygen atoms in total. The van der Waals surface area contributed by atoms with Gasteiger partial charge in [-0.1, -0.05) is 55.8 Å². The molecule has 0 saturated heterocycles. The Balaban J connectivity index is 0.000000861. The van der Waals surface area contributed by atoms with Gasteiger partial charge in [0.05, 0.1) is 0 Å². The molecule has 0 spiro atoms. The first-order chi connectivity index (χ1) is 9.06. The van der Waals surface area contributed by atoms with Crippen LogP contribution in [0.25, 0.3) is 0 Å². The van der Waals surface area contributed by atoms with Crippen molar-refractivity contribution in [1.82, 2.24) is 0 Å². The van der Waals surface area contributed by atoms with E-state index in [1.165, 1.54) is 33.4 Å². The summed E-state index contributed by atoms with van der Waals surface area (Å²) in [6.45, 7) is 12.7. The lowest BCUT2D eigenvalue weighted by atomic mass is 9.96. The molecule has 2 rings (SSSR count). The van der Waals surface area contributed by atoms with Crippen LogP contribution in [0.1, 0.15) is 47.2 Å². The highest BCUT2D eigenvalue weighted by atomic mass is 14.1. The highest BCUT2D eigenvalue weighted by molar-refractivity contribution is 5.39. The van der Waals surface area contributed by atoms with Crippen molar-refractivity contribution in [3.63, 3.8) is 0 Å². The van der Waals surface area contributed by atoms with Crippen molar-refractivity contribution in [2.45, 2.75) is 48.0 Å². The summed E-state index contributed by atoms with van der Waals surface area (Å²) in [5.74, 6) is 0. The maximum absolute atomic E-state index is 2.31. The van der Waals surface area contributed by atoms with E-state index < -0.39 is 0 Å². The second-order valence-electron chi connectivity index (χ2n) is 5.02. The zero-order valence-corrected chi connectivity index (χ0v) is 13.2. The molecule has 2 aromatic rings. The first-order valence-corrected chi connectivity index (χ1v) is 7.18. The average molecular weight is 254 g/mol. The van der Waals surface area contributed by atoms with Crippen LogP contribution in [-0.2, 0) is 6.42 Å². The normalized spacial score (nSPS) is 9.79. The molecule has 0 amide bonds. The first kappa shape index (κ1) is 15.5. The van der Waals surface area contributed by atoms with Crippen molar-refractivity contribution < 1.29 is 0 Å². The van der Waals surface area contributed by atoms with Gasteiger partial charge in [0.1, 0.15) is 0 Å². The highest BCUT2D eigenvalue weighted by Gasteiger charge is 2.02. The molecule has 0 heterocycles. The van der Waals surface area contributed by atoms with Crippen molar-refractivity contribution >= 4 is 0 Å². The lowest BCUT2D eigenvalue weighted by Crippen LogP contribution is -1.93. The van der Waals surface area contributed by atoms with Gasteiger partial charge >= 0.3 is 0 Å². The van der Waals surface area contributed by atoms with E-state index in [-0.39, 0.29) is 0 Å². The van der Waals surface area contributed by atoms with Crippen LogP contribution in [0.5, 0.6) is 0 Å². The van der Waals surface area contributed by atoms with Crippen LogP contribution in [-0.4, -0.2) is 0 Å². The quantitative estimate of drug-likeness (QED) is 0.660. The van der Waals surface area contributed by atoms with Crippen LogP contribution in [0, 0.1) is 27.7 Å². The van der Waals surface area contributed by atoms with Crippen LogP contribution in [0.4, 0.5) is 0 Å². The molecule has 0 aliphatic rings. The maximum Gasteiger partial charge on any atom is -0.00256 e. The minimum Gasteiger partial charge on any atom is -0.0683 e. The van der Waals surface area contributed by atoms with E-state index in [2.05, 4.69) is 64.1 Å². The molecule has 0 saturated carbocycles. The standard InChI is InChI=1S/C17H20.C2H6/c1-12-5-7-16(8-6-12)11-17-9-13(2)15(4)14(3)10-17;1-2/h5-10H,11H2,1-4H3;1-2H3. The summed E-state index contributed by atoms with van der Waals surface area (Å²) in [6.07, 6.45) is 1.03. The maximum atomic E-state index is 2.31. The minimum atomic E-state index is 1.03. The molecular formula is C19H26. The largest absolute Gasteiger partial charge is 0.0683 e. The smallest absolute Gasteiger partial charge is 0.00256 e. The van der Waals surface area contributed by atoms with Gasteiger partial charge in [0.2, 0.25) is 0 Å². The third-order valence-corrected chi connectivity index (χ3v) is 3.52. The minimum absolute atomic E-state index is 1.03. The van der Waals surface area contributed by atoms with E-state index in [1.54, 1.807) is 0 Å². The Labute approximate surface area is 118 Å². The Morgan fingerprint density at radius 2 is 1.16 bits per heavy atom. The van der Waals surface area contributed by atoms with Gasteiger partial charge in [0, 0.05) is 0 Å². The van der Waals surface area contributed by atoms with Crippen LogP contribution in [0.15, 0.2) is 36.4 Å². The first-order valence-electron chi connectivity index (χ1n) is 7.18. The van der Waals surface area contributed by atoms with E-state index in [9.17, 15) is 0 Å². The van der Waals surface area contributed by atoms with Crippen LogP contribution >= 0.6 is 0 Å². The summed E-state index contributed by atoms with van der Waals surface area (Å²) in [7, 11) is 0. The number of aryl methyl sites for hydroxylation is 3. The summed E-state index contributed by atoms with van der Waals surface area (Å²) in [6, 6.07) is 13.4. The molecule has 0 bridgehead atoms. The monoisotopic (exact) mass is 254 g/mol. The molecule has 0 atom stereocenters. The summed E-state index contributed by atoms with van der Waals surface area (Å²) in [5.41, 5.74) is 8.33. The van der Waals surface area contributed by atoms with E-state index in [1.807, 2.05) is 13.8 Å². The zero-order chi connectivity index (χ0) is 14.4. The van der Waals surface area contributed by atoms with Gasteiger partial charge in [-0.2, -0.15) is 0 Å². The lowest BCUT2D eigenvalue weighted by Gasteiger charge is -2.09. The van der Waals surface area contributed by atoms with Crippen molar-refractivity contribution in [3.8, 4) is 0 Å². The fourth-order valence-electron chi connectivity index (χ4n) is 2.17. The predicted molar refractivity (Wildman–Crippen MR) is 86.0 cm³/mol. The van der Waals surface area contributed by atoms with Gasteiger partial charge < -0.3 is 0 Å². The van der Waals surface area contributed by atoms with E-state index in [0.29, 0.717) is 0 Å². The van der Waals surface area contributed by atoms with Gasteiger partial charge in [-0.25, -0.2) is 0 Å². The van der Waals surface area contributed by atoms with E-state index in [0.717, 1.165) is 6.42 Å². The van der Waals surface area contributed by atoms with Gasteiger partial charge in [-0.3, -0.25) is 0 Å². The second-order valence-corrected chi connectivity index (χ2v) is 5.02. The lowest BCUT2D eigenvalue weighted by molar-refractivity contribution is 1.14. The van der Waals surface area contributed by atoms with Gasteiger partial charge in [-0.15, -0.1) is 0 Å². The van der Waals surface area contributed by atoms with Gasteiger partial charge in [0.15, 0.2) is 0 Å². The second kappa shape index (κ2) is 7.13. The highest BCUT2D eigenvalue weighted by Crippen LogP contribution is 2.18. The molecule has 2 aromatic carbocycles. The fraction of sp³-hybridized carbons (Fsp3) is 0.368. The SMILES string of the molecule is CC.Cc1ccc(Cc2cc(C)c(C)c(C)c2)cc1. The van der Waals surface area contributed by atoms with Crippen molar-refractivity contribution in [2.75, 3.05) is 0 Å². The fourth-order valence-corrected chi connectivity index (χ4v) is 2.17. The number of rotatable bonds is 2. The van der Waals surface area contributed by atoms with Crippen molar-refractivity contribution in [2.24, 2.45) is 0 Å². The molecule has 0 heteroatoms. The molecule has 0 aliphatic carbocycles. The zero-order valence-electron chi connectivity index (χ0n) is 13.2. The van der Waals surface area contributed by atoms with Gasteiger partial charge in [0.25, 0.3) is 0 Å². The number of benzene rings is 2. The van der Waals surface area contributed by atoms with Crippen molar-refractivity contribution in [1.29, 1.82) is 0 Å². The Hall–Kier alpha value is -1.56. The van der Waals surface area contributed by atoms with Gasteiger partial charge in [-0.05, 0) is 61.9 Å². The molecule has 0 aliphatic heterocycles. The average Bonchev–Trinajstić information content (AvgIpc) is 2.41. The summed E-state index contributed by atoms with van der Waals surface area (Å²) < 4.78 is 0. The molecule has 0 radical (unpaired) electrons. The van der Waals surface area contributed by atoms with E-state index >= 15 is 0 Å². The molecular weight excluding hydrogens is 228 g/mol. The number of hydrogen-bond donors (Lipinski definition) is 0. The predicted octanol–water partition coefficient (Wildman–Crippen LogP) is 5.54. The summed E-state index contributed by atoms with van der Waals surface area (Å²) in [5, 5.41) is 0. The molecule has 0 unspecified atom stereocenters. The van der Waals surface area contributed by atoms with Crippen molar-refractivity contribution in [3.05, 3.63) is 69.8 Å². The van der Waals surface area contributed by atoms with Crippen LogP contribution < -0.4 is 0 Å². The molecule has 19 heavy (non-hydrogen) atoms. The topological polar surface area (TPSA) is 0 Å². The molecule has 0 aromatic heterocycles. The molecule has 0 N–H and O–H groups in total. The van der Waals surface area contributed by atoms with E-state index in [4.69, 9.17) is 0 Å². The van der Waals surface area contributed by atoms with Crippen LogP contribution in [0.3, 0.4) is 0 Å². The molecule has 0 fully saturated rings. The Morgan fingerprint density at radius 3 is 1.63 bits per heavy atom. The summed E-state index contributed by atoms with van der Waals surface area (Å²) >= 11 is 0. The Bertz CT molecular complexity index is 495. The summed E-state index contributed by atoms with van der Waals surface area (Å²) in [4.78, 5) is 0. The molecule has 102 valence electrons. The Morgan fingerprint density at radius 1 is 0.684 bits per heavy atom. The van der Waals surface area contributed by atoms with Crippen LogP contribution in [0.2, 0.25) is 0 Å². The third kappa shape index (κ3) is 4.24. The number of hydrogen-bond acceptors (Lipinski definition) is 0. The Kier molecular flexibility index (Phi) is 5.82. The third-order valence-electron chi connectivity index (χ3n) is 3.52.